The van der Waals surface area contributed by atoms with Gasteiger partial charge in [0.25, 0.3) is 0 Å². The SMILES string of the molecule is [O]=[V+2].c1ccc2nc3c(nc2c1)-c1nc-3nc2[n-]c(nc3nc(nc4[n-]c(n1)c1nc5ccccc5nc41)-c1nc4ccccc4nc1-3)c1nc3ccccc3nc21. The van der Waals surface area contributed by atoms with Gasteiger partial charge in [-0.3, -0.25) is 0 Å². The molecule has 0 saturated heterocycles. The van der Waals surface area contributed by atoms with E-state index in [9.17, 15) is 0 Å². The minimum absolute atomic E-state index is 0.235. The molecule has 0 spiro atoms. The van der Waals surface area contributed by atoms with Crippen LogP contribution in [0.3, 0.4) is 0 Å². The first-order chi connectivity index (χ1) is 28.7. The minimum Gasteiger partial charge on any atom is -0.354 e. The Morgan fingerprint density at radius 1 is 0.276 bits per heavy atom. The average Bonchev–Trinajstić information content (AvgIpc) is 3.98. The van der Waals surface area contributed by atoms with Gasteiger partial charge in [0.05, 0.1) is 44.1 Å². The van der Waals surface area contributed by atoms with E-state index in [0.717, 1.165) is 17.4 Å². The third-order valence-corrected chi connectivity index (χ3v) is 9.67. The molecule has 4 aromatic carbocycles. The number of fused-ring (bicyclic) bond motifs is 24. The zero-order chi connectivity index (χ0) is 38.5. The second-order valence-electron chi connectivity index (χ2n) is 13.1. The van der Waals surface area contributed by atoms with E-state index in [1.165, 1.54) is 0 Å². The third kappa shape index (κ3) is 4.84. The predicted octanol–water partition coefficient (Wildman–Crippen LogP) is 5.78. The first-order valence-electron chi connectivity index (χ1n) is 17.6. The molecule has 58 heavy (non-hydrogen) atoms. The van der Waals surface area contributed by atoms with Gasteiger partial charge in [-0.1, -0.05) is 48.5 Å². The smallest absolute Gasteiger partial charge is 0.121 e. The molecule has 7 aromatic heterocycles. The van der Waals surface area contributed by atoms with E-state index < -0.39 is 0 Å². The summed E-state index contributed by atoms with van der Waals surface area (Å²) in [6.45, 7) is 0. The molecule has 8 bridgehead atoms. The minimum atomic E-state index is 0.235. The van der Waals surface area contributed by atoms with E-state index in [2.05, 4.69) is 0 Å². The van der Waals surface area contributed by atoms with E-state index >= 15 is 0 Å². The van der Waals surface area contributed by atoms with Crippen LogP contribution in [0.4, 0.5) is 0 Å². The first kappa shape index (κ1) is 32.2. The van der Waals surface area contributed by atoms with Crippen LogP contribution in [0.2, 0.25) is 0 Å². The van der Waals surface area contributed by atoms with E-state index in [1.807, 2.05) is 97.1 Å². The summed E-state index contributed by atoms with van der Waals surface area (Å²) in [5, 5.41) is 0. The van der Waals surface area contributed by atoms with Gasteiger partial charge in [-0.05, 0) is 48.5 Å². The van der Waals surface area contributed by atoms with Crippen LogP contribution in [0.15, 0.2) is 97.1 Å². The average molecular weight is 788 g/mol. The maximum absolute atomic E-state index is 8.19. The molecule has 0 amide bonds. The summed E-state index contributed by atoms with van der Waals surface area (Å²) in [5.41, 5.74) is 9.60. The van der Waals surface area contributed by atoms with Crippen LogP contribution in [0.1, 0.15) is 0 Å². The van der Waals surface area contributed by atoms with Crippen molar-refractivity contribution in [2.75, 3.05) is 0 Å². The van der Waals surface area contributed by atoms with E-state index in [-0.39, 0.29) is 45.9 Å². The maximum atomic E-state index is 8.19. The number of hydrogen-bond donors (Lipinski definition) is 0. The van der Waals surface area contributed by atoms with Gasteiger partial charge >= 0.3 is 21.0 Å². The molecule has 18 heteroatoms. The summed E-state index contributed by atoms with van der Waals surface area (Å²) in [4.78, 5) is 79.2. The van der Waals surface area contributed by atoms with Crippen molar-refractivity contribution in [1.29, 1.82) is 0 Å². The Hall–Kier alpha value is -8.02. The standard InChI is InChI=1S/C40H16N16.O.V/c1-2-10-18-17(9-1)41-25-26(42-18)34-49-33(25)53-35-27-28(44-20-12-4-3-11-19(20)43-27)37(50-35)55-39-31-32(48-24-16-8-7-15-23(24)47-31)40(52-39)56-38-30-29(36(51-38)54-34)45-21-13-5-6-14-22(21)46-30;;/h1-16H;;/q-2;;+2. The molecule has 17 nitrogen and oxygen atoms in total. The van der Waals surface area contributed by atoms with Gasteiger partial charge in [-0.15, -0.1) is 0 Å². The molecular weight excluding hydrogens is 771 g/mol. The maximum Gasteiger partial charge on any atom is 0.121 e. The van der Waals surface area contributed by atoms with E-state index in [0.29, 0.717) is 89.0 Å². The Balaban J connectivity index is 0.00000181. The van der Waals surface area contributed by atoms with Gasteiger partial charge in [-0.25, -0.2) is 49.8 Å². The van der Waals surface area contributed by atoms with Crippen LogP contribution < -0.4 is 9.97 Å². The Kier molecular flexibility index (Phi) is 6.81. The number of rotatable bonds is 0. The fourth-order valence-corrected chi connectivity index (χ4v) is 7.10. The molecule has 0 atom stereocenters. The number of hydrogen-bond acceptors (Lipinski definition) is 15. The van der Waals surface area contributed by atoms with Crippen LogP contribution in [-0.2, 0) is 21.0 Å². The molecule has 11 aromatic rings. The molecular formula is C40H16N16OV. The van der Waals surface area contributed by atoms with Crippen molar-refractivity contribution in [1.82, 2.24) is 79.7 Å². The van der Waals surface area contributed by atoms with E-state index in [4.69, 9.17) is 83.4 Å². The van der Waals surface area contributed by atoms with Crippen LogP contribution in [0, 0.1) is 0 Å². The van der Waals surface area contributed by atoms with Gasteiger partial charge in [0.15, 0.2) is 0 Å². The van der Waals surface area contributed by atoms with Gasteiger partial charge in [0.2, 0.25) is 0 Å². The van der Waals surface area contributed by atoms with Crippen LogP contribution >= 0.6 is 0 Å². The molecule has 0 fully saturated rings. The van der Waals surface area contributed by atoms with Crippen molar-refractivity contribution < 1.29 is 21.0 Å². The summed E-state index contributed by atoms with van der Waals surface area (Å²) in [6, 6.07) is 30.3. The second kappa shape index (κ2) is 12.2. The number of para-hydroxylation sites is 8. The third-order valence-electron chi connectivity index (χ3n) is 9.67. The van der Waals surface area contributed by atoms with Gasteiger partial charge in [-0.2, -0.15) is 0 Å². The quantitative estimate of drug-likeness (QED) is 0.177. The molecule has 267 valence electrons. The number of benzene rings is 4. The molecule has 2 aliphatic heterocycles. The van der Waals surface area contributed by atoms with Crippen molar-refractivity contribution in [3.63, 3.8) is 0 Å². The zero-order valence-electron chi connectivity index (χ0n) is 29.2. The molecule has 2 aliphatic rings. The van der Waals surface area contributed by atoms with Crippen LogP contribution in [0.25, 0.3) is 135 Å². The Bertz CT molecular complexity index is 3300. The Morgan fingerprint density at radius 3 is 0.707 bits per heavy atom. The van der Waals surface area contributed by atoms with Crippen molar-refractivity contribution in [3.8, 4) is 46.1 Å². The van der Waals surface area contributed by atoms with Gasteiger partial charge in [0, 0.05) is 22.6 Å². The topological polar surface area (TPSA) is 226 Å². The summed E-state index contributed by atoms with van der Waals surface area (Å²) < 4.78 is 8.19. The monoisotopic (exact) mass is 787 g/mol. The van der Waals surface area contributed by atoms with E-state index in [1.54, 1.807) is 0 Å². The largest absolute Gasteiger partial charge is 0.354 e. The molecule has 0 N–H and O–H groups in total. The predicted molar refractivity (Wildman–Crippen MR) is 207 cm³/mol. The Morgan fingerprint density at radius 2 is 0.483 bits per heavy atom. The fraction of sp³-hybridized carbons (Fsp3) is 0. The van der Waals surface area contributed by atoms with Gasteiger partial charge in [0.1, 0.15) is 68.1 Å². The normalized spacial score (nSPS) is 12.0. The summed E-state index contributed by atoms with van der Waals surface area (Å²) in [5.74, 6) is 0.940. The number of nitrogens with zero attached hydrogens (tertiary/aromatic N) is 16. The molecule has 0 radical (unpaired) electrons. The summed E-state index contributed by atoms with van der Waals surface area (Å²) >= 11 is 1.06. The van der Waals surface area contributed by atoms with Gasteiger partial charge < -0.3 is 29.9 Å². The molecule has 0 saturated carbocycles. The Labute approximate surface area is 331 Å². The fourth-order valence-electron chi connectivity index (χ4n) is 7.10. The summed E-state index contributed by atoms with van der Waals surface area (Å²) in [7, 11) is 0. The first-order valence-corrected chi connectivity index (χ1v) is 18.2. The van der Waals surface area contributed by atoms with Crippen LogP contribution in [0.5, 0.6) is 0 Å². The number of aromatic nitrogens is 16. The summed E-state index contributed by atoms with van der Waals surface area (Å²) in [6.07, 6.45) is 0. The van der Waals surface area contributed by atoms with Crippen molar-refractivity contribution in [3.05, 3.63) is 97.1 Å². The molecule has 13 rings (SSSR count). The molecule has 0 unspecified atom stereocenters. The molecule has 0 aliphatic carbocycles. The van der Waals surface area contributed by atoms with Crippen molar-refractivity contribution in [2.45, 2.75) is 0 Å². The van der Waals surface area contributed by atoms with Crippen molar-refractivity contribution >= 4 is 88.8 Å². The zero-order valence-corrected chi connectivity index (χ0v) is 30.6. The molecule has 9 heterocycles. The van der Waals surface area contributed by atoms with Crippen molar-refractivity contribution in [2.24, 2.45) is 0 Å². The second-order valence-corrected chi connectivity index (χ2v) is 13.1. The van der Waals surface area contributed by atoms with Crippen LogP contribution in [-0.4, -0.2) is 69.8 Å².